The maximum absolute atomic E-state index is 11.4. The van der Waals surface area contributed by atoms with E-state index in [-0.39, 0.29) is 0 Å². The molecule has 1 rings (SSSR count). The third-order valence-electron chi connectivity index (χ3n) is 5.35. The zero-order chi connectivity index (χ0) is 26.7. The quantitative estimate of drug-likeness (QED) is 0.184. The summed E-state index contributed by atoms with van der Waals surface area (Å²) in [4.78, 5) is 0. The largest absolute Gasteiger partial charge is 0.480 e. The number of hydrogen-bond donors (Lipinski definition) is 0. The van der Waals surface area contributed by atoms with E-state index < -0.39 is 38.3 Å². The molecule has 1 heterocycles. The van der Waals surface area contributed by atoms with Gasteiger partial charge in [-0.05, 0) is 32.1 Å². The van der Waals surface area contributed by atoms with Crippen LogP contribution in [-0.4, -0.2) is 65.2 Å². The molecule has 0 saturated carbocycles. The topological polar surface area (TPSA) is 91.6 Å². The molecule has 1 atom stereocenters. The minimum Gasteiger partial charge on any atom is -0.421 e. The highest BCUT2D eigenvalue weighted by atomic mass is 32.3. The molecule has 0 aromatic rings. The Bertz CT molecular complexity index is 718. The standard InChI is InChI=1S/C17H36OP.C2F6NO4S2/c1-4-7-13-19(14-8-5-2,15-9-6-3)16-17-11-10-12-18-17;3-1(4,5)14(10,11)9-15(12,13)2(6,7)8/h17H,4-16H2,1-3H3;/q+1;-1. The predicted octanol–water partition coefficient (Wildman–Crippen LogP) is 6.64. The lowest BCUT2D eigenvalue weighted by Crippen LogP contribution is -2.30. The number of halogens is 6. The maximum atomic E-state index is 11.4. The van der Waals surface area contributed by atoms with E-state index in [0.717, 1.165) is 10.7 Å². The Morgan fingerprint density at radius 1 is 0.794 bits per heavy atom. The monoisotopic (exact) mass is 567 g/mol. The van der Waals surface area contributed by atoms with Crippen LogP contribution in [0.4, 0.5) is 26.3 Å². The fourth-order valence-corrected chi connectivity index (χ4v) is 10.6. The fourth-order valence-electron chi connectivity index (χ4n) is 3.52. The Kier molecular flexibility index (Phi) is 14.5. The lowest BCUT2D eigenvalue weighted by Gasteiger charge is -2.30. The Hall–Kier alpha value is -0.170. The van der Waals surface area contributed by atoms with E-state index in [0.29, 0.717) is 6.10 Å². The van der Waals surface area contributed by atoms with Crippen LogP contribution in [0.2, 0.25) is 0 Å². The van der Waals surface area contributed by atoms with Crippen LogP contribution >= 0.6 is 7.26 Å². The van der Waals surface area contributed by atoms with E-state index >= 15 is 0 Å². The third kappa shape index (κ3) is 11.7. The highest BCUT2D eigenvalue weighted by Gasteiger charge is 2.47. The van der Waals surface area contributed by atoms with Crippen molar-refractivity contribution < 1.29 is 47.9 Å². The average Bonchev–Trinajstić information content (AvgIpc) is 3.20. The van der Waals surface area contributed by atoms with Crippen molar-refractivity contribution in [2.45, 2.75) is 89.3 Å². The van der Waals surface area contributed by atoms with Crippen LogP contribution in [0.5, 0.6) is 0 Å². The van der Waals surface area contributed by atoms with E-state index in [1.54, 1.807) is 18.5 Å². The van der Waals surface area contributed by atoms with Crippen molar-refractivity contribution >= 4 is 27.3 Å². The van der Waals surface area contributed by atoms with Crippen LogP contribution < -0.4 is 0 Å². The number of rotatable bonds is 13. The van der Waals surface area contributed by atoms with Gasteiger partial charge in [0.15, 0.2) is 20.0 Å². The second kappa shape index (κ2) is 14.5. The summed E-state index contributed by atoms with van der Waals surface area (Å²) in [7, 11) is -14.2. The van der Waals surface area contributed by atoms with Gasteiger partial charge >= 0.3 is 11.0 Å². The first-order valence-electron chi connectivity index (χ1n) is 11.3. The van der Waals surface area contributed by atoms with Crippen molar-refractivity contribution in [3.63, 3.8) is 0 Å². The Labute approximate surface area is 200 Å². The molecule has 1 unspecified atom stereocenters. The van der Waals surface area contributed by atoms with Gasteiger partial charge in [-0.2, -0.15) is 26.3 Å². The van der Waals surface area contributed by atoms with E-state index in [2.05, 4.69) is 20.8 Å². The number of ether oxygens (including phenoxy) is 1. The summed E-state index contributed by atoms with van der Waals surface area (Å²) in [5.74, 6) is 0. The highest BCUT2D eigenvalue weighted by molar-refractivity contribution is 8.13. The lowest BCUT2D eigenvalue weighted by atomic mass is 10.3. The molecule has 0 aliphatic carbocycles. The van der Waals surface area contributed by atoms with Crippen LogP contribution in [0.1, 0.15) is 72.1 Å². The summed E-state index contributed by atoms with van der Waals surface area (Å²) in [5.41, 5.74) is -12.4. The van der Waals surface area contributed by atoms with E-state index in [9.17, 15) is 43.2 Å². The lowest BCUT2D eigenvalue weighted by molar-refractivity contribution is -0.0444. The molecule has 0 spiro atoms. The minimum atomic E-state index is -6.72. The molecule has 6 nitrogen and oxygen atoms in total. The van der Waals surface area contributed by atoms with Crippen molar-refractivity contribution in [2.24, 2.45) is 0 Å². The molecule has 0 radical (unpaired) electrons. The van der Waals surface area contributed by atoms with Gasteiger partial charge in [0.25, 0.3) is 0 Å². The highest BCUT2D eigenvalue weighted by Crippen LogP contribution is 2.61. The Balaban J connectivity index is 0.000000661. The molecule has 15 heteroatoms. The molecular weight excluding hydrogens is 531 g/mol. The van der Waals surface area contributed by atoms with Crippen LogP contribution in [0.25, 0.3) is 4.13 Å². The van der Waals surface area contributed by atoms with Crippen molar-refractivity contribution in [3.8, 4) is 0 Å². The molecule has 0 N–H and O–H groups in total. The number of nitrogens with zero attached hydrogens (tertiary/aromatic N) is 1. The molecule has 0 aromatic heterocycles. The van der Waals surface area contributed by atoms with Gasteiger partial charge in [0, 0.05) is 13.9 Å². The fraction of sp³-hybridized carbons (Fsp3) is 1.00. The first kappa shape index (κ1) is 33.8. The summed E-state index contributed by atoms with van der Waals surface area (Å²) in [5, 5.41) is 0. The predicted molar refractivity (Wildman–Crippen MR) is 123 cm³/mol. The van der Waals surface area contributed by atoms with Crippen molar-refractivity contribution in [2.75, 3.05) is 31.3 Å². The van der Waals surface area contributed by atoms with Gasteiger partial charge < -0.3 is 8.86 Å². The van der Waals surface area contributed by atoms with Crippen molar-refractivity contribution in [1.29, 1.82) is 0 Å². The SMILES string of the molecule is CCCC[P+](CCCC)(CCCC)CC1CCCO1.O=S(=O)([N-]S(=O)(=O)C(F)(F)F)C(F)(F)F. The number of unbranched alkanes of at least 4 members (excludes halogenated alkanes) is 3. The van der Waals surface area contributed by atoms with Crippen molar-refractivity contribution in [1.82, 2.24) is 0 Å². The number of hydrogen-bond acceptors (Lipinski definition) is 5. The molecule has 0 amide bonds. The van der Waals surface area contributed by atoms with Gasteiger partial charge in [0.1, 0.15) is 0 Å². The second-order valence-electron chi connectivity index (χ2n) is 8.31. The first-order valence-corrected chi connectivity index (χ1v) is 16.7. The summed E-state index contributed by atoms with van der Waals surface area (Å²) in [6.45, 7) is 8.07. The molecule has 0 aromatic carbocycles. The molecule has 1 aliphatic rings. The molecule has 206 valence electrons. The number of alkyl halides is 6. The summed E-state index contributed by atoms with van der Waals surface area (Å²) in [6.07, 6.45) is 17.8. The number of sulfonamides is 2. The van der Waals surface area contributed by atoms with Gasteiger partial charge in [-0.1, -0.05) is 40.0 Å². The van der Waals surface area contributed by atoms with E-state index in [1.807, 2.05) is 0 Å². The summed E-state index contributed by atoms with van der Waals surface area (Å²) < 4.78 is 115. The minimum absolute atomic E-state index is 0.624. The van der Waals surface area contributed by atoms with E-state index in [1.165, 1.54) is 57.5 Å². The van der Waals surface area contributed by atoms with Gasteiger partial charge in [-0.3, -0.25) is 0 Å². The van der Waals surface area contributed by atoms with Crippen LogP contribution in [-0.2, 0) is 24.8 Å². The van der Waals surface area contributed by atoms with Crippen LogP contribution in [0.15, 0.2) is 0 Å². The zero-order valence-electron chi connectivity index (χ0n) is 19.8. The second-order valence-corrected chi connectivity index (χ2v) is 16.1. The molecule has 1 saturated heterocycles. The van der Waals surface area contributed by atoms with Crippen molar-refractivity contribution in [3.05, 3.63) is 4.13 Å². The molecule has 1 fully saturated rings. The smallest absolute Gasteiger partial charge is 0.421 e. The normalized spacial score (nSPS) is 18.0. The first-order chi connectivity index (χ1) is 15.5. The molecule has 1 aliphatic heterocycles. The molecule has 0 bridgehead atoms. The average molecular weight is 568 g/mol. The van der Waals surface area contributed by atoms with Gasteiger partial charge in [-0.15, -0.1) is 0 Å². The molecule has 34 heavy (non-hydrogen) atoms. The summed E-state index contributed by atoms with van der Waals surface area (Å²) in [6, 6.07) is 0. The van der Waals surface area contributed by atoms with Gasteiger partial charge in [0.2, 0.25) is 0 Å². The Morgan fingerprint density at radius 3 is 1.44 bits per heavy atom. The maximum Gasteiger partial charge on any atom is 0.480 e. The molecular formula is C19H36F6NO5PS2. The Morgan fingerprint density at radius 2 is 1.18 bits per heavy atom. The van der Waals surface area contributed by atoms with Gasteiger partial charge in [-0.25, -0.2) is 16.8 Å². The third-order valence-corrected chi connectivity index (χ3v) is 13.1. The van der Waals surface area contributed by atoms with Crippen LogP contribution in [0, 0.1) is 0 Å². The van der Waals surface area contributed by atoms with E-state index in [4.69, 9.17) is 4.74 Å². The van der Waals surface area contributed by atoms with Crippen LogP contribution in [0.3, 0.4) is 0 Å². The zero-order valence-corrected chi connectivity index (χ0v) is 22.3. The van der Waals surface area contributed by atoms with Gasteiger partial charge in [0.05, 0.1) is 30.8 Å². The summed E-state index contributed by atoms with van der Waals surface area (Å²) >= 11 is 0.